The normalized spacial score (nSPS) is 15.7. The zero-order valence-corrected chi connectivity index (χ0v) is 8.49. The van der Waals surface area contributed by atoms with Crippen molar-refractivity contribution in [2.24, 2.45) is 0 Å². The van der Waals surface area contributed by atoms with E-state index in [1.807, 2.05) is 0 Å². The second-order valence-electron chi connectivity index (χ2n) is 3.13. The molecule has 1 aromatic heterocycles. The highest BCUT2D eigenvalue weighted by Gasteiger charge is 2.28. The van der Waals surface area contributed by atoms with E-state index in [0.717, 1.165) is 10.5 Å². The number of rotatable bonds is 2. The molecule has 6 heteroatoms. The number of amides is 3. The average Bonchev–Trinajstić information content (AvgIpc) is 2.50. The van der Waals surface area contributed by atoms with Crippen LogP contribution in [0.4, 0.5) is 4.79 Å². The topological polar surface area (TPSA) is 62.3 Å². The summed E-state index contributed by atoms with van der Waals surface area (Å²) in [4.78, 5) is 27.4. The minimum Gasteiger partial charge on any atom is -0.329 e. The third-order valence-corrected chi connectivity index (χ3v) is 2.28. The first-order valence-electron chi connectivity index (χ1n) is 4.35. The van der Waals surface area contributed by atoms with Crippen molar-refractivity contribution >= 4 is 23.5 Å². The molecule has 0 spiro atoms. The number of nitrogens with one attached hydrogen (secondary N) is 1. The Bertz CT molecular complexity index is 406. The fourth-order valence-electron chi connectivity index (χ4n) is 1.34. The highest BCUT2D eigenvalue weighted by Crippen LogP contribution is 2.11. The van der Waals surface area contributed by atoms with Gasteiger partial charge in [0.2, 0.25) is 5.91 Å². The van der Waals surface area contributed by atoms with E-state index in [9.17, 15) is 9.59 Å². The molecule has 3 amide bonds. The van der Waals surface area contributed by atoms with Gasteiger partial charge in [0.15, 0.2) is 0 Å². The predicted octanol–water partition coefficient (Wildman–Crippen LogP) is 0.787. The molecule has 1 aliphatic rings. The van der Waals surface area contributed by atoms with Gasteiger partial charge in [-0.05, 0) is 17.7 Å². The monoisotopic (exact) mass is 225 g/mol. The summed E-state index contributed by atoms with van der Waals surface area (Å²) in [5, 5.41) is 2.79. The Morgan fingerprint density at radius 3 is 2.93 bits per heavy atom. The van der Waals surface area contributed by atoms with Gasteiger partial charge in [-0.3, -0.25) is 9.69 Å². The zero-order valence-electron chi connectivity index (χ0n) is 7.74. The number of nitrogens with zero attached hydrogens (tertiary/aromatic N) is 2. The quantitative estimate of drug-likeness (QED) is 0.598. The number of hydrogen-bond acceptors (Lipinski definition) is 3. The Morgan fingerprint density at radius 2 is 2.33 bits per heavy atom. The van der Waals surface area contributed by atoms with Crippen molar-refractivity contribution < 1.29 is 9.59 Å². The van der Waals surface area contributed by atoms with Crippen molar-refractivity contribution in [3.05, 3.63) is 29.0 Å². The lowest BCUT2D eigenvalue weighted by molar-refractivity contribution is -0.125. The maximum Gasteiger partial charge on any atom is 0.324 e. The number of pyridine rings is 1. The lowest BCUT2D eigenvalue weighted by Crippen LogP contribution is -2.30. The van der Waals surface area contributed by atoms with Crippen LogP contribution in [0.1, 0.15) is 5.56 Å². The largest absolute Gasteiger partial charge is 0.329 e. The van der Waals surface area contributed by atoms with Crippen molar-refractivity contribution in [3.63, 3.8) is 0 Å². The van der Waals surface area contributed by atoms with Crippen LogP contribution >= 0.6 is 11.6 Å². The van der Waals surface area contributed by atoms with E-state index in [2.05, 4.69) is 10.3 Å². The maximum absolute atomic E-state index is 11.3. The molecule has 1 saturated heterocycles. The van der Waals surface area contributed by atoms with Crippen LogP contribution in [0.5, 0.6) is 0 Å². The Hall–Kier alpha value is -1.62. The van der Waals surface area contributed by atoms with Crippen LogP contribution in [-0.2, 0) is 11.3 Å². The number of imide groups is 1. The second kappa shape index (κ2) is 3.86. The minimum atomic E-state index is -0.368. The number of urea groups is 1. The number of aromatic nitrogens is 1. The molecule has 0 radical (unpaired) electrons. The molecule has 0 aliphatic carbocycles. The predicted molar refractivity (Wildman–Crippen MR) is 53.2 cm³/mol. The highest BCUT2D eigenvalue weighted by atomic mass is 35.5. The third-order valence-electron chi connectivity index (χ3n) is 2.07. The lowest BCUT2D eigenvalue weighted by Gasteiger charge is -2.11. The first kappa shape index (κ1) is 9.92. The van der Waals surface area contributed by atoms with Gasteiger partial charge in [-0.15, -0.1) is 0 Å². The van der Waals surface area contributed by atoms with E-state index in [4.69, 9.17) is 11.6 Å². The van der Waals surface area contributed by atoms with E-state index in [1.165, 1.54) is 6.20 Å². The van der Waals surface area contributed by atoms with Gasteiger partial charge < -0.3 is 5.32 Å². The van der Waals surface area contributed by atoms with Crippen LogP contribution in [0.15, 0.2) is 18.3 Å². The van der Waals surface area contributed by atoms with Gasteiger partial charge in [-0.25, -0.2) is 9.78 Å². The van der Waals surface area contributed by atoms with Crippen molar-refractivity contribution in [2.45, 2.75) is 6.54 Å². The summed E-state index contributed by atoms with van der Waals surface area (Å²) in [5.74, 6) is -0.229. The summed E-state index contributed by atoms with van der Waals surface area (Å²) in [6, 6.07) is 2.97. The van der Waals surface area contributed by atoms with Gasteiger partial charge in [0.1, 0.15) is 5.15 Å². The van der Waals surface area contributed by atoms with E-state index < -0.39 is 0 Å². The number of hydrogen-bond donors (Lipinski definition) is 1. The van der Waals surface area contributed by atoms with Crippen LogP contribution in [0.25, 0.3) is 0 Å². The van der Waals surface area contributed by atoms with Crippen molar-refractivity contribution in [1.82, 2.24) is 15.2 Å². The van der Waals surface area contributed by atoms with Crippen LogP contribution in [0.2, 0.25) is 5.15 Å². The van der Waals surface area contributed by atoms with Gasteiger partial charge in [0, 0.05) is 6.20 Å². The molecule has 2 heterocycles. The molecule has 0 saturated carbocycles. The molecule has 15 heavy (non-hydrogen) atoms. The van der Waals surface area contributed by atoms with Crippen molar-refractivity contribution in [3.8, 4) is 0 Å². The Labute approximate surface area is 91.0 Å². The van der Waals surface area contributed by atoms with Crippen LogP contribution in [-0.4, -0.2) is 28.4 Å². The fourth-order valence-corrected chi connectivity index (χ4v) is 1.54. The Balaban J connectivity index is 2.15. The average molecular weight is 226 g/mol. The Kier molecular flexibility index (Phi) is 2.55. The summed E-state index contributed by atoms with van der Waals surface area (Å²) in [6.45, 7) is 0.296. The van der Waals surface area contributed by atoms with Crippen LogP contribution in [0, 0.1) is 0 Å². The van der Waals surface area contributed by atoms with E-state index in [0.29, 0.717) is 5.15 Å². The molecular weight excluding hydrogens is 218 g/mol. The number of halogens is 1. The smallest absolute Gasteiger partial charge is 0.324 e. The molecular formula is C9H8ClN3O2. The molecule has 0 atom stereocenters. The van der Waals surface area contributed by atoms with Crippen LogP contribution in [0.3, 0.4) is 0 Å². The summed E-state index contributed by atoms with van der Waals surface area (Å²) in [6.07, 6.45) is 1.54. The molecule has 0 bridgehead atoms. The van der Waals surface area contributed by atoms with Crippen molar-refractivity contribution in [1.29, 1.82) is 0 Å². The van der Waals surface area contributed by atoms with Crippen molar-refractivity contribution in [2.75, 3.05) is 6.54 Å². The zero-order chi connectivity index (χ0) is 10.8. The molecule has 0 unspecified atom stereocenters. The van der Waals surface area contributed by atoms with E-state index in [1.54, 1.807) is 12.1 Å². The second-order valence-corrected chi connectivity index (χ2v) is 3.51. The molecule has 1 aliphatic heterocycles. The third kappa shape index (κ3) is 2.07. The highest BCUT2D eigenvalue weighted by molar-refractivity contribution is 6.29. The number of carbonyl (C=O) groups excluding carboxylic acids is 2. The molecule has 1 fully saturated rings. The van der Waals surface area contributed by atoms with E-state index in [-0.39, 0.29) is 25.0 Å². The molecule has 2 rings (SSSR count). The summed E-state index contributed by atoms with van der Waals surface area (Å²) < 4.78 is 0. The summed E-state index contributed by atoms with van der Waals surface area (Å²) in [7, 11) is 0. The summed E-state index contributed by atoms with van der Waals surface area (Å²) in [5.41, 5.74) is 0.778. The number of carbonyl (C=O) groups is 2. The minimum absolute atomic E-state index is 0.0671. The fraction of sp³-hybridized carbons (Fsp3) is 0.222. The van der Waals surface area contributed by atoms with Gasteiger partial charge in [0.25, 0.3) is 0 Å². The first-order valence-corrected chi connectivity index (χ1v) is 4.73. The van der Waals surface area contributed by atoms with Gasteiger partial charge in [0.05, 0.1) is 13.1 Å². The maximum atomic E-state index is 11.3. The lowest BCUT2D eigenvalue weighted by atomic mass is 10.2. The van der Waals surface area contributed by atoms with Crippen LogP contribution < -0.4 is 5.32 Å². The molecule has 1 N–H and O–H groups in total. The van der Waals surface area contributed by atoms with Gasteiger partial charge in [-0.1, -0.05) is 11.6 Å². The van der Waals surface area contributed by atoms with Gasteiger partial charge in [-0.2, -0.15) is 0 Å². The molecule has 1 aromatic rings. The first-order chi connectivity index (χ1) is 7.16. The molecule has 0 aromatic carbocycles. The standard InChI is InChI=1S/C9H8ClN3O2/c10-7-3-6(1-2-11-7)5-13-8(14)4-12-9(13)15/h1-3H,4-5H2,(H,12,15). The molecule has 5 nitrogen and oxygen atoms in total. The SMILES string of the molecule is O=C1CNC(=O)N1Cc1ccnc(Cl)c1. The summed E-state index contributed by atoms with van der Waals surface area (Å²) >= 11 is 5.69. The van der Waals surface area contributed by atoms with Gasteiger partial charge >= 0.3 is 6.03 Å². The Morgan fingerprint density at radius 1 is 1.53 bits per heavy atom. The molecule has 78 valence electrons. The van der Waals surface area contributed by atoms with E-state index >= 15 is 0 Å².